The number of hydrogen-bond acceptors (Lipinski definition) is 6. The van der Waals surface area contributed by atoms with Crippen LogP contribution in [0.5, 0.6) is 17.2 Å². The third-order valence-corrected chi connectivity index (χ3v) is 3.90. The van der Waals surface area contributed by atoms with Gasteiger partial charge in [-0.3, -0.25) is 0 Å². The summed E-state index contributed by atoms with van der Waals surface area (Å²) in [5.74, 6) is 0.846. The average molecular weight is 422 g/mol. The van der Waals surface area contributed by atoms with E-state index in [1.165, 1.54) is 13.2 Å². The molecule has 6 nitrogen and oxygen atoms in total. The highest BCUT2D eigenvalue weighted by Crippen LogP contribution is 2.29. The van der Waals surface area contributed by atoms with E-state index >= 15 is 0 Å². The van der Waals surface area contributed by atoms with Crippen molar-refractivity contribution >= 4 is 35.2 Å². The molecule has 0 bridgehead atoms. The smallest absolute Gasteiger partial charge is 0.330 e. The van der Waals surface area contributed by atoms with Gasteiger partial charge in [-0.25, -0.2) is 4.79 Å². The van der Waals surface area contributed by atoms with Gasteiger partial charge in [0.2, 0.25) is 0 Å². The fourth-order valence-electron chi connectivity index (χ4n) is 2.12. The fourth-order valence-corrected chi connectivity index (χ4v) is 2.58. The molecular formula is C20H17Cl2NO5. The number of halogens is 2. The van der Waals surface area contributed by atoms with E-state index in [0.29, 0.717) is 32.9 Å². The number of carbonyl (C=O) groups is 1. The number of ether oxygens (including phenoxy) is 4. The molecule has 2 aromatic carbocycles. The third-order valence-electron chi connectivity index (χ3n) is 3.37. The van der Waals surface area contributed by atoms with E-state index in [-0.39, 0.29) is 19.8 Å². The van der Waals surface area contributed by atoms with Crippen molar-refractivity contribution in [1.29, 1.82) is 5.26 Å². The summed E-state index contributed by atoms with van der Waals surface area (Å²) >= 11 is 11.8. The molecule has 146 valence electrons. The molecule has 0 fully saturated rings. The molecule has 0 radical (unpaired) electrons. The summed E-state index contributed by atoms with van der Waals surface area (Å²) in [6.07, 6.45) is 2.87. The van der Waals surface area contributed by atoms with E-state index in [1.54, 1.807) is 42.5 Å². The van der Waals surface area contributed by atoms with Gasteiger partial charge in [-0.15, -0.1) is 0 Å². The third kappa shape index (κ3) is 6.69. The van der Waals surface area contributed by atoms with Gasteiger partial charge >= 0.3 is 5.97 Å². The van der Waals surface area contributed by atoms with E-state index in [4.69, 9.17) is 47.4 Å². The first-order chi connectivity index (χ1) is 13.5. The summed E-state index contributed by atoms with van der Waals surface area (Å²) in [7, 11) is 1.49. The van der Waals surface area contributed by atoms with Gasteiger partial charge in [0.05, 0.1) is 12.1 Å². The highest BCUT2D eigenvalue weighted by molar-refractivity contribution is 6.35. The number of benzene rings is 2. The minimum atomic E-state index is -0.519. The lowest BCUT2D eigenvalue weighted by molar-refractivity contribution is -0.138. The Morgan fingerprint density at radius 2 is 1.86 bits per heavy atom. The zero-order valence-corrected chi connectivity index (χ0v) is 16.5. The van der Waals surface area contributed by atoms with Crippen LogP contribution in [0.3, 0.4) is 0 Å². The molecule has 0 spiro atoms. The molecule has 0 aliphatic heterocycles. The molecular weight excluding hydrogens is 405 g/mol. The average Bonchev–Trinajstić information content (AvgIpc) is 2.69. The Morgan fingerprint density at radius 3 is 2.57 bits per heavy atom. The summed E-state index contributed by atoms with van der Waals surface area (Å²) < 4.78 is 21.0. The molecule has 0 aliphatic rings. The number of carbonyl (C=O) groups excluding carboxylic acids is 1. The van der Waals surface area contributed by atoms with E-state index in [0.717, 1.165) is 0 Å². The van der Waals surface area contributed by atoms with Crippen molar-refractivity contribution in [2.45, 2.75) is 0 Å². The van der Waals surface area contributed by atoms with Crippen LogP contribution in [0.4, 0.5) is 0 Å². The zero-order valence-electron chi connectivity index (χ0n) is 15.0. The van der Waals surface area contributed by atoms with Crippen LogP contribution in [-0.2, 0) is 9.53 Å². The number of esters is 1. The normalized spacial score (nSPS) is 10.4. The van der Waals surface area contributed by atoms with Crippen molar-refractivity contribution in [2.75, 3.05) is 26.9 Å². The van der Waals surface area contributed by atoms with Crippen molar-refractivity contribution in [2.24, 2.45) is 0 Å². The Labute approximate surface area is 172 Å². The van der Waals surface area contributed by atoms with Gasteiger partial charge in [0, 0.05) is 11.1 Å². The van der Waals surface area contributed by atoms with Crippen LogP contribution in [0, 0.1) is 11.3 Å². The Hall–Kier alpha value is -2.88. The van der Waals surface area contributed by atoms with E-state index in [2.05, 4.69) is 0 Å². The maximum Gasteiger partial charge on any atom is 0.330 e. The number of rotatable bonds is 9. The lowest BCUT2D eigenvalue weighted by Gasteiger charge is -2.09. The number of nitrogens with zero attached hydrogens (tertiary/aromatic N) is 1. The van der Waals surface area contributed by atoms with Crippen LogP contribution >= 0.6 is 23.2 Å². The van der Waals surface area contributed by atoms with E-state index in [1.807, 2.05) is 6.07 Å². The standard InChI is InChI=1S/C20H17Cl2NO5/c1-25-19-12-14(2-5-18(19)26-9-8-23)3-7-20(24)28-11-10-27-17-6-4-15(21)13-16(17)22/h2-7,12-13H,9-11H2,1H3/b7-3+. The molecule has 0 heterocycles. The highest BCUT2D eigenvalue weighted by atomic mass is 35.5. The van der Waals surface area contributed by atoms with Crippen molar-refractivity contribution < 1.29 is 23.7 Å². The second-order valence-corrected chi connectivity index (χ2v) is 6.12. The molecule has 2 rings (SSSR count). The summed E-state index contributed by atoms with van der Waals surface area (Å²) in [5.41, 5.74) is 0.710. The fraction of sp³-hybridized carbons (Fsp3) is 0.200. The molecule has 28 heavy (non-hydrogen) atoms. The monoisotopic (exact) mass is 421 g/mol. The Bertz CT molecular complexity index is 893. The van der Waals surface area contributed by atoms with Crippen molar-refractivity contribution in [3.63, 3.8) is 0 Å². The van der Waals surface area contributed by atoms with Crippen molar-refractivity contribution in [1.82, 2.24) is 0 Å². The van der Waals surface area contributed by atoms with Gasteiger partial charge in [-0.05, 0) is 42.0 Å². The Morgan fingerprint density at radius 1 is 1.07 bits per heavy atom. The summed E-state index contributed by atoms with van der Waals surface area (Å²) in [6, 6.07) is 11.8. The van der Waals surface area contributed by atoms with Gasteiger partial charge in [0.1, 0.15) is 25.0 Å². The highest BCUT2D eigenvalue weighted by Gasteiger charge is 2.06. The molecule has 0 saturated heterocycles. The number of methoxy groups -OCH3 is 1. The minimum Gasteiger partial charge on any atom is -0.493 e. The maximum absolute atomic E-state index is 11.8. The summed E-state index contributed by atoms with van der Waals surface area (Å²) in [4.78, 5) is 11.8. The van der Waals surface area contributed by atoms with E-state index in [9.17, 15) is 4.79 Å². The van der Waals surface area contributed by atoms with Crippen LogP contribution in [0.2, 0.25) is 10.0 Å². The lowest BCUT2D eigenvalue weighted by Crippen LogP contribution is -2.10. The first kappa shape index (κ1) is 21.4. The van der Waals surface area contributed by atoms with Crippen molar-refractivity contribution in [3.8, 4) is 23.3 Å². The van der Waals surface area contributed by atoms with Crippen LogP contribution in [-0.4, -0.2) is 32.9 Å². The Balaban J connectivity index is 1.82. The summed E-state index contributed by atoms with van der Waals surface area (Å²) in [6.45, 7) is 0.132. The number of nitriles is 1. The summed E-state index contributed by atoms with van der Waals surface area (Å²) in [5, 5.41) is 9.46. The molecule has 0 aliphatic carbocycles. The predicted molar refractivity (Wildman–Crippen MR) is 106 cm³/mol. The molecule has 0 atom stereocenters. The number of hydrogen-bond donors (Lipinski definition) is 0. The van der Waals surface area contributed by atoms with E-state index < -0.39 is 5.97 Å². The largest absolute Gasteiger partial charge is 0.493 e. The second-order valence-electron chi connectivity index (χ2n) is 5.28. The zero-order chi connectivity index (χ0) is 20.4. The molecule has 8 heteroatoms. The molecule has 0 N–H and O–H groups in total. The second kappa shape index (κ2) is 11.1. The van der Waals surface area contributed by atoms with Gasteiger partial charge < -0.3 is 18.9 Å². The molecule has 0 amide bonds. The topological polar surface area (TPSA) is 77.8 Å². The minimum absolute atomic E-state index is 0.0619. The quantitative estimate of drug-likeness (QED) is 0.336. The predicted octanol–water partition coefficient (Wildman–Crippen LogP) is 4.54. The van der Waals surface area contributed by atoms with Gasteiger partial charge in [-0.1, -0.05) is 29.3 Å². The lowest BCUT2D eigenvalue weighted by atomic mass is 10.2. The molecule has 2 aromatic rings. The Kier molecular flexibility index (Phi) is 8.47. The SMILES string of the molecule is COc1cc(/C=C/C(=O)OCCOc2ccc(Cl)cc2Cl)ccc1OCC#N. The molecule has 0 aromatic heterocycles. The maximum atomic E-state index is 11.8. The van der Waals surface area contributed by atoms with Crippen LogP contribution in [0.15, 0.2) is 42.5 Å². The van der Waals surface area contributed by atoms with Crippen LogP contribution in [0.1, 0.15) is 5.56 Å². The van der Waals surface area contributed by atoms with Gasteiger partial charge in [-0.2, -0.15) is 5.26 Å². The van der Waals surface area contributed by atoms with Gasteiger partial charge in [0.15, 0.2) is 18.1 Å². The first-order valence-electron chi connectivity index (χ1n) is 8.14. The first-order valence-corrected chi connectivity index (χ1v) is 8.89. The van der Waals surface area contributed by atoms with Crippen molar-refractivity contribution in [3.05, 3.63) is 58.1 Å². The van der Waals surface area contributed by atoms with Gasteiger partial charge in [0.25, 0.3) is 0 Å². The molecule has 0 saturated carbocycles. The van der Waals surface area contributed by atoms with Crippen LogP contribution in [0.25, 0.3) is 6.08 Å². The van der Waals surface area contributed by atoms with Crippen LogP contribution < -0.4 is 14.2 Å². The molecule has 0 unspecified atom stereocenters.